The van der Waals surface area contributed by atoms with E-state index in [1.165, 1.54) is 12.8 Å². The van der Waals surface area contributed by atoms with Crippen molar-refractivity contribution in [1.29, 1.82) is 5.26 Å². The standard InChI is InChI=1S/C12H22N2/c1-9(7-13)8-14-11-6-12(3,4)5-10(11)2/h9-11,14H,5-6,8H2,1-4H3. The third-order valence-electron chi connectivity index (χ3n) is 3.24. The summed E-state index contributed by atoms with van der Waals surface area (Å²) in [5.74, 6) is 0.877. The van der Waals surface area contributed by atoms with Crippen molar-refractivity contribution in [2.45, 2.75) is 46.6 Å². The smallest absolute Gasteiger partial charge is 0.0666 e. The van der Waals surface area contributed by atoms with E-state index in [2.05, 4.69) is 32.2 Å². The minimum absolute atomic E-state index is 0.130. The minimum atomic E-state index is 0.130. The van der Waals surface area contributed by atoms with E-state index < -0.39 is 0 Å². The molecule has 0 aromatic carbocycles. The third kappa shape index (κ3) is 2.99. The van der Waals surface area contributed by atoms with Gasteiger partial charge in [-0.2, -0.15) is 5.26 Å². The van der Waals surface area contributed by atoms with Crippen molar-refractivity contribution in [1.82, 2.24) is 5.32 Å². The molecule has 2 heteroatoms. The molecule has 3 atom stereocenters. The van der Waals surface area contributed by atoms with Crippen LogP contribution in [0.3, 0.4) is 0 Å². The maximum atomic E-state index is 8.69. The van der Waals surface area contributed by atoms with Gasteiger partial charge in [-0.25, -0.2) is 0 Å². The summed E-state index contributed by atoms with van der Waals surface area (Å²) >= 11 is 0. The summed E-state index contributed by atoms with van der Waals surface area (Å²) in [5.41, 5.74) is 0.479. The first-order chi connectivity index (χ1) is 6.44. The Morgan fingerprint density at radius 3 is 2.57 bits per heavy atom. The number of rotatable bonds is 3. The van der Waals surface area contributed by atoms with Gasteiger partial charge in [0.25, 0.3) is 0 Å². The summed E-state index contributed by atoms with van der Waals surface area (Å²) in [6, 6.07) is 2.87. The van der Waals surface area contributed by atoms with Gasteiger partial charge >= 0.3 is 0 Å². The van der Waals surface area contributed by atoms with Crippen LogP contribution in [0.4, 0.5) is 0 Å². The molecule has 0 aromatic rings. The van der Waals surface area contributed by atoms with Crippen LogP contribution in [0, 0.1) is 28.6 Å². The van der Waals surface area contributed by atoms with Crippen LogP contribution in [-0.2, 0) is 0 Å². The number of nitrogens with one attached hydrogen (secondary N) is 1. The summed E-state index contributed by atoms with van der Waals surface area (Å²) in [7, 11) is 0. The number of nitrogens with zero attached hydrogens (tertiary/aromatic N) is 1. The number of nitriles is 1. The summed E-state index contributed by atoms with van der Waals surface area (Å²) in [5, 5.41) is 12.2. The molecule has 2 nitrogen and oxygen atoms in total. The molecule has 0 saturated heterocycles. The van der Waals surface area contributed by atoms with Crippen molar-refractivity contribution in [3.63, 3.8) is 0 Å². The maximum absolute atomic E-state index is 8.69. The zero-order chi connectivity index (χ0) is 10.8. The van der Waals surface area contributed by atoms with Gasteiger partial charge in [0.2, 0.25) is 0 Å². The zero-order valence-corrected chi connectivity index (χ0v) is 9.80. The predicted molar refractivity (Wildman–Crippen MR) is 58.7 cm³/mol. The molecule has 1 rings (SSSR count). The van der Waals surface area contributed by atoms with Gasteiger partial charge in [-0.15, -0.1) is 0 Å². The molecule has 0 bridgehead atoms. The largest absolute Gasteiger partial charge is 0.312 e. The van der Waals surface area contributed by atoms with Crippen molar-refractivity contribution in [3.05, 3.63) is 0 Å². The topological polar surface area (TPSA) is 35.8 Å². The lowest BCUT2D eigenvalue weighted by atomic mass is 9.91. The molecule has 1 aliphatic carbocycles. The van der Waals surface area contributed by atoms with E-state index >= 15 is 0 Å². The molecular formula is C12H22N2. The highest BCUT2D eigenvalue weighted by molar-refractivity contribution is 4.92. The fraction of sp³-hybridized carbons (Fsp3) is 0.917. The van der Waals surface area contributed by atoms with Crippen LogP contribution in [0.15, 0.2) is 0 Å². The molecule has 1 N–H and O–H groups in total. The maximum Gasteiger partial charge on any atom is 0.0666 e. The Kier molecular flexibility index (Phi) is 3.55. The Bertz CT molecular complexity index is 227. The first-order valence-electron chi connectivity index (χ1n) is 5.57. The lowest BCUT2D eigenvalue weighted by Crippen LogP contribution is -2.34. The van der Waals surface area contributed by atoms with E-state index in [0.29, 0.717) is 11.5 Å². The van der Waals surface area contributed by atoms with Crippen LogP contribution in [0.25, 0.3) is 0 Å². The monoisotopic (exact) mass is 194 g/mol. The SMILES string of the molecule is CC(C#N)CNC1CC(C)(C)CC1C. The second-order valence-electron chi connectivity index (χ2n) is 5.59. The molecule has 80 valence electrons. The van der Waals surface area contributed by atoms with Gasteiger partial charge in [-0.3, -0.25) is 0 Å². The van der Waals surface area contributed by atoms with Crippen LogP contribution < -0.4 is 5.32 Å². The van der Waals surface area contributed by atoms with Crippen LogP contribution >= 0.6 is 0 Å². The fourth-order valence-corrected chi connectivity index (χ4v) is 2.54. The summed E-state index contributed by atoms with van der Waals surface area (Å²) < 4.78 is 0. The normalized spacial score (nSPS) is 32.5. The second kappa shape index (κ2) is 4.31. The van der Waals surface area contributed by atoms with Crippen molar-refractivity contribution >= 4 is 0 Å². The van der Waals surface area contributed by atoms with Crippen molar-refractivity contribution in [3.8, 4) is 6.07 Å². The van der Waals surface area contributed by atoms with E-state index in [0.717, 1.165) is 12.5 Å². The molecule has 0 aliphatic heterocycles. The first-order valence-corrected chi connectivity index (χ1v) is 5.57. The average molecular weight is 194 g/mol. The Labute approximate surface area is 87.7 Å². The van der Waals surface area contributed by atoms with Gasteiger partial charge in [0, 0.05) is 12.6 Å². The van der Waals surface area contributed by atoms with Gasteiger partial charge in [-0.05, 0) is 31.1 Å². The van der Waals surface area contributed by atoms with Crippen LogP contribution in [0.5, 0.6) is 0 Å². The molecule has 3 unspecified atom stereocenters. The molecule has 1 aliphatic rings. The molecule has 1 fully saturated rings. The lowest BCUT2D eigenvalue weighted by Gasteiger charge is -2.19. The third-order valence-corrected chi connectivity index (χ3v) is 3.24. The highest BCUT2D eigenvalue weighted by atomic mass is 14.9. The highest BCUT2D eigenvalue weighted by Crippen LogP contribution is 2.40. The Morgan fingerprint density at radius 1 is 1.50 bits per heavy atom. The molecule has 1 saturated carbocycles. The number of hydrogen-bond acceptors (Lipinski definition) is 2. The van der Waals surface area contributed by atoms with Crippen LogP contribution in [0.2, 0.25) is 0 Å². The van der Waals surface area contributed by atoms with E-state index in [-0.39, 0.29) is 5.92 Å². The van der Waals surface area contributed by atoms with Gasteiger partial charge in [-0.1, -0.05) is 20.8 Å². The molecule has 0 radical (unpaired) electrons. The Morgan fingerprint density at radius 2 is 2.14 bits per heavy atom. The van der Waals surface area contributed by atoms with E-state index in [1.54, 1.807) is 0 Å². The fourth-order valence-electron chi connectivity index (χ4n) is 2.54. The second-order valence-corrected chi connectivity index (χ2v) is 5.59. The lowest BCUT2D eigenvalue weighted by molar-refractivity contribution is 0.361. The molecule has 0 spiro atoms. The predicted octanol–water partition coefficient (Wildman–Crippen LogP) is 2.56. The quantitative estimate of drug-likeness (QED) is 0.749. The molecule has 0 amide bonds. The summed E-state index contributed by atoms with van der Waals surface area (Å²) in [4.78, 5) is 0. The van der Waals surface area contributed by atoms with Gasteiger partial charge < -0.3 is 5.32 Å². The van der Waals surface area contributed by atoms with Crippen LogP contribution in [-0.4, -0.2) is 12.6 Å². The van der Waals surface area contributed by atoms with Crippen LogP contribution in [0.1, 0.15) is 40.5 Å². The first kappa shape index (κ1) is 11.5. The minimum Gasteiger partial charge on any atom is -0.312 e. The molecule has 0 heterocycles. The molecule has 0 aromatic heterocycles. The van der Waals surface area contributed by atoms with Gasteiger partial charge in [0.15, 0.2) is 0 Å². The van der Waals surface area contributed by atoms with Crippen molar-refractivity contribution in [2.75, 3.05) is 6.54 Å². The van der Waals surface area contributed by atoms with Crippen molar-refractivity contribution < 1.29 is 0 Å². The van der Waals surface area contributed by atoms with Gasteiger partial charge in [0.05, 0.1) is 12.0 Å². The molecule has 14 heavy (non-hydrogen) atoms. The van der Waals surface area contributed by atoms with E-state index in [1.807, 2.05) is 6.92 Å². The summed E-state index contributed by atoms with van der Waals surface area (Å²) in [6.45, 7) is 9.78. The molecular weight excluding hydrogens is 172 g/mol. The zero-order valence-electron chi connectivity index (χ0n) is 9.80. The average Bonchev–Trinajstić information content (AvgIpc) is 2.35. The Hall–Kier alpha value is -0.550. The Balaban J connectivity index is 2.37. The number of hydrogen-bond donors (Lipinski definition) is 1. The highest BCUT2D eigenvalue weighted by Gasteiger charge is 2.36. The van der Waals surface area contributed by atoms with E-state index in [4.69, 9.17) is 5.26 Å². The van der Waals surface area contributed by atoms with Crippen molar-refractivity contribution in [2.24, 2.45) is 17.3 Å². The van der Waals surface area contributed by atoms with E-state index in [9.17, 15) is 0 Å². The van der Waals surface area contributed by atoms with Gasteiger partial charge in [0.1, 0.15) is 0 Å². The summed E-state index contributed by atoms with van der Waals surface area (Å²) in [6.07, 6.45) is 2.54.